The van der Waals surface area contributed by atoms with Crippen LogP contribution in [-0.4, -0.2) is 28.8 Å². The number of hydrogen-bond donors (Lipinski definition) is 3. The lowest BCUT2D eigenvalue weighted by atomic mass is 10.2. The molecule has 17 heavy (non-hydrogen) atoms. The van der Waals surface area contributed by atoms with E-state index in [9.17, 15) is 4.79 Å². The van der Waals surface area contributed by atoms with Crippen molar-refractivity contribution in [2.24, 2.45) is 0 Å². The number of halogens is 1. The Kier molecular flexibility index (Phi) is 5.44. The molecule has 4 nitrogen and oxygen atoms in total. The van der Waals surface area contributed by atoms with E-state index in [2.05, 4.69) is 21.2 Å². The number of benzene rings is 1. The highest BCUT2D eigenvalue weighted by Crippen LogP contribution is 2.19. The molecule has 0 radical (unpaired) electrons. The van der Waals surface area contributed by atoms with Gasteiger partial charge in [-0.1, -0.05) is 15.9 Å². The highest BCUT2D eigenvalue weighted by Gasteiger charge is 2.05. The van der Waals surface area contributed by atoms with Gasteiger partial charge in [0.2, 0.25) is 0 Å². The molecule has 94 valence electrons. The molecule has 0 aliphatic heterocycles. The van der Waals surface area contributed by atoms with E-state index in [-0.39, 0.29) is 11.7 Å². The number of carbonyl (C=O) groups is 1. The first-order valence-electron chi connectivity index (χ1n) is 5.45. The van der Waals surface area contributed by atoms with Crippen molar-refractivity contribution in [2.75, 3.05) is 11.9 Å². The molecule has 0 aliphatic carbocycles. The molecule has 1 aromatic carbocycles. The second kappa shape index (κ2) is 6.61. The minimum atomic E-state index is -0.946. The normalized spacial score (nSPS) is 12.2. The van der Waals surface area contributed by atoms with Crippen molar-refractivity contribution >= 4 is 27.6 Å². The Morgan fingerprint density at radius 3 is 2.76 bits per heavy atom. The monoisotopic (exact) mass is 301 g/mol. The lowest BCUT2D eigenvalue weighted by molar-refractivity contribution is 0.0697. The van der Waals surface area contributed by atoms with E-state index < -0.39 is 5.97 Å². The standard InChI is InChI=1S/C12H16BrNO3/c1-8(15)3-2-4-14-11-6-9(12(16)17)5-10(13)7-11/h5-8,14-15H,2-4H2,1H3,(H,16,17). The summed E-state index contributed by atoms with van der Waals surface area (Å²) in [5.41, 5.74) is 1.01. The quantitative estimate of drug-likeness (QED) is 0.707. The van der Waals surface area contributed by atoms with Gasteiger partial charge < -0.3 is 15.5 Å². The third kappa shape index (κ3) is 5.19. The molecule has 0 spiro atoms. The molecule has 0 saturated heterocycles. The summed E-state index contributed by atoms with van der Waals surface area (Å²) in [6, 6.07) is 4.98. The molecule has 0 aliphatic rings. The van der Waals surface area contributed by atoms with Crippen LogP contribution in [0, 0.1) is 0 Å². The van der Waals surface area contributed by atoms with Gasteiger partial charge in [-0.15, -0.1) is 0 Å². The average Bonchev–Trinajstić information content (AvgIpc) is 2.23. The van der Waals surface area contributed by atoms with Crippen LogP contribution in [-0.2, 0) is 0 Å². The van der Waals surface area contributed by atoms with E-state index in [1.807, 2.05) is 6.07 Å². The minimum absolute atomic E-state index is 0.248. The van der Waals surface area contributed by atoms with Gasteiger partial charge in [-0.05, 0) is 38.0 Å². The van der Waals surface area contributed by atoms with Crippen molar-refractivity contribution in [3.63, 3.8) is 0 Å². The Hall–Kier alpha value is -1.07. The molecule has 1 rings (SSSR count). The highest BCUT2D eigenvalue weighted by atomic mass is 79.9. The van der Waals surface area contributed by atoms with Crippen molar-refractivity contribution in [1.29, 1.82) is 0 Å². The number of nitrogens with one attached hydrogen (secondary N) is 1. The van der Waals surface area contributed by atoms with Crippen LogP contribution in [0.3, 0.4) is 0 Å². The molecule has 0 bridgehead atoms. The first kappa shape index (κ1) is 14.0. The minimum Gasteiger partial charge on any atom is -0.478 e. The Bertz CT molecular complexity index is 393. The molecule has 3 N–H and O–H groups in total. The van der Waals surface area contributed by atoms with Gasteiger partial charge >= 0.3 is 5.97 Å². The predicted octanol–water partition coefficient (Wildman–Crippen LogP) is 2.72. The smallest absolute Gasteiger partial charge is 0.335 e. The number of hydrogen-bond acceptors (Lipinski definition) is 3. The van der Waals surface area contributed by atoms with Crippen molar-refractivity contribution in [3.05, 3.63) is 28.2 Å². The van der Waals surface area contributed by atoms with Crippen molar-refractivity contribution < 1.29 is 15.0 Å². The number of aliphatic hydroxyl groups excluding tert-OH is 1. The molecule has 5 heteroatoms. The van der Waals surface area contributed by atoms with Crippen LogP contribution >= 0.6 is 15.9 Å². The highest BCUT2D eigenvalue weighted by molar-refractivity contribution is 9.10. The number of carboxylic acid groups (broad SMARTS) is 1. The molecule has 1 aromatic rings. The van der Waals surface area contributed by atoms with Gasteiger partial charge in [-0.25, -0.2) is 4.79 Å². The maximum absolute atomic E-state index is 10.8. The van der Waals surface area contributed by atoms with E-state index >= 15 is 0 Å². The van der Waals surface area contributed by atoms with Gasteiger partial charge in [0.15, 0.2) is 0 Å². The lowest BCUT2D eigenvalue weighted by Gasteiger charge is -2.09. The zero-order valence-electron chi connectivity index (χ0n) is 9.61. The SMILES string of the molecule is CC(O)CCCNc1cc(Br)cc(C(=O)O)c1. The molecule has 0 heterocycles. The van der Waals surface area contributed by atoms with E-state index in [4.69, 9.17) is 10.2 Å². The van der Waals surface area contributed by atoms with E-state index in [0.717, 1.165) is 23.0 Å². The topological polar surface area (TPSA) is 69.6 Å². The van der Waals surface area contributed by atoms with Crippen LogP contribution in [0.5, 0.6) is 0 Å². The Morgan fingerprint density at radius 2 is 2.18 bits per heavy atom. The molecule has 1 unspecified atom stereocenters. The van der Waals surface area contributed by atoms with Crippen molar-refractivity contribution in [2.45, 2.75) is 25.9 Å². The first-order chi connectivity index (χ1) is 7.99. The average molecular weight is 302 g/mol. The second-order valence-electron chi connectivity index (χ2n) is 3.95. The fraction of sp³-hybridized carbons (Fsp3) is 0.417. The fourth-order valence-electron chi connectivity index (χ4n) is 1.45. The largest absolute Gasteiger partial charge is 0.478 e. The lowest BCUT2D eigenvalue weighted by Crippen LogP contribution is -2.07. The van der Waals surface area contributed by atoms with Crippen molar-refractivity contribution in [1.82, 2.24) is 0 Å². The maximum Gasteiger partial charge on any atom is 0.335 e. The van der Waals surface area contributed by atoms with E-state index in [1.54, 1.807) is 19.1 Å². The van der Waals surface area contributed by atoms with Crippen LogP contribution in [0.1, 0.15) is 30.1 Å². The number of aliphatic hydroxyl groups is 1. The van der Waals surface area contributed by atoms with Crippen LogP contribution in [0.2, 0.25) is 0 Å². The molecule has 1 atom stereocenters. The first-order valence-corrected chi connectivity index (χ1v) is 6.24. The van der Waals surface area contributed by atoms with E-state index in [0.29, 0.717) is 6.54 Å². The van der Waals surface area contributed by atoms with Crippen LogP contribution in [0.4, 0.5) is 5.69 Å². The summed E-state index contributed by atoms with van der Waals surface area (Å²) in [5, 5.41) is 21.1. The van der Waals surface area contributed by atoms with Crippen LogP contribution in [0.15, 0.2) is 22.7 Å². The van der Waals surface area contributed by atoms with Gasteiger partial charge in [-0.2, -0.15) is 0 Å². The number of carboxylic acids is 1. The van der Waals surface area contributed by atoms with Gasteiger partial charge in [0, 0.05) is 16.7 Å². The summed E-state index contributed by atoms with van der Waals surface area (Å²) in [4.78, 5) is 10.8. The Labute approximate surface area is 109 Å². The second-order valence-corrected chi connectivity index (χ2v) is 4.87. The molecule has 0 fully saturated rings. The maximum atomic E-state index is 10.8. The molecule has 0 aromatic heterocycles. The van der Waals surface area contributed by atoms with Gasteiger partial charge in [0.05, 0.1) is 11.7 Å². The van der Waals surface area contributed by atoms with Crippen molar-refractivity contribution in [3.8, 4) is 0 Å². The third-order valence-electron chi connectivity index (χ3n) is 2.27. The number of anilines is 1. The van der Waals surface area contributed by atoms with Gasteiger partial charge in [0.25, 0.3) is 0 Å². The summed E-state index contributed by atoms with van der Waals surface area (Å²) in [5.74, 6) is -0.946. The van der Waals surface area contributed by atoms with Crippen LogP contribution < -0.4 is 5.32 Å². The van der Waals surface area contributed by atoms with E-state index in [1.165, 1.54) is 0 Å². The Morgan fingerprint density at radius 1 is 1.47 bits per heavy atom. The predicted molar refractivity (Wildman–Crippen MR) is 70.5 cm³/mol. The molecule has 0 amide bonds. The number of aromatic carboxylic acids is 1. The summed E-state index contributed by atoms with van der Waals surface area (Å²) in [7, 11) is 0. The third-order valence-corrected chi connectivity index (χ3v) is 2.73. The summed E-state index contributed by atoms with van der Waals surface area (Å²) >= 11 is 3.27. The molecular formula is C12H16BrNO3. The van der Waals surface area contributed by atoms with Gasteiger partial charge in [-0.3, -0.25) is 0 Å². The summed E-state index contributed by atoms with van der Waals surface area (Å²) in [6.45, 7) is 2.46. The number of rotatable bonds is 6. The zero-order chi connectivity index (χ0) is 12.8. The fourth-order valence-corrected chi connectivity index (χ4v) is 1.94. The summed E-state index contributed by atoms with van der Waals surface area (Å²) < 4.78 is 0.732. The molecular weight excluding hydrogens is 286 g/mol. The molecule has 0 saturated carbocycles. The van der Waals surface area contributed by atoms with Gasteiger partial charge in [0.1, 0.15) is 0 Å². The van der Waals surface area contributed by atoms with Crippen LogP contribution in [0.25, 0.3) is 0 Å². The zero-order valence-corrected chi connectivity index (χ0v) is 11.2. The summed E-state index contributed by atoms with van der Waals surface area (Å²) in [6.07, 6.45) is 1.27. The Balaban J connectivity index is 2.56.